The fourth-order valence-corrected chi connectivity index (χ4v) is 1.83. The van der Waals surface area contributed by atoms with E-state index < -0.39 is 5.97 Å². The number of hydrogen-bond acceptors (Lipinski definition) is 4. The maximum Gasteiger partial charge on any atom is 0.337 e. The number of benzene rings is 2. The van der Waals surface area contributed by atoms with Crippen molar-refractivity contribution in [2.75, 3.05) is 17.7 Å². The van der Waals surface area contributed by atoms with E-state index in [1.165, 1.54) is 6.07 Å². The molecule has 5 nitrogen and oxygen atoms in total. The van der Waals surface area contributed by atoms with Gasteiger partial charge in [0.1, 0.15) is 5.75 Å². The third-order valence-electron chi connectivity index (χ3n) is 2.76. The Morgan fingerprint density at radius 2 is 1.95 bits per heavy atom. The molecule has 0 saturated heterocycles. The predicted molar refractivity (Wildman–Crippen MR) is 78.7 cm³/mol. The molecule has 0 aromatic heterocycles. The molecule has 0 aliphatic heterocycles. The minimum atomic E-state index is -1.02. The highest BCUT2D eigenvalue weighted by atomic mass is 16.5. The second kappa shape index (κ2) is 5.97. The Labute approximate surface area is 117 Å². The van der Waals surface area contributed by atoms with Crippen LogP contribution in [0, 0.1) is 0 Å². The average molecular weight is 272 g/mol. The normalized spacial score (nSPS) is 10.1. The first-order chi connectivity index (χ1) is 9.61. The van der Waals surface area contributed by atoms with Crippen LogP contribution in [0.4, 0.5) is 17.1 Å². The van der Waals surface area contributed by atoms with Gasteiger partial charge in [-0.15, -0.1) is 0 Å². The fraction of sp³-hybridized carbons (Fsp3) is 0.133. The van der Waals surface area contributed by atoms with Gasteiger partial charge in [0.05, 0.1) is 23.5 Å². The Morgan fingerprint density at radius 1 is 1.25 bits per heavy atom. The van der Waals surface area contributed by atoms with Crippen LogP contribution in [0.2, 0.25) is 0 Å². The van der Waals surface area contributed by atoms with Gasteiger partial charge in [-0.3, -0.25) is 0 Å². The summed E-state index contributed by atoms with van der Waals surface area (Å²) >= 11 is 0. The predicted octanol–water partition coefficient (Wildman–Crippen LogP) is 3.11. The third-order valence-corrected chi connectivity index (χ3v) is 2.76. The summed E-state index contributed by atoms with van der Waals surface area (Å²) in [6.45, 7) is 2.51. The number of carbonyl (C=O) groups is 1. The Kier molecular flexibility index (Phi) is 4.10. The van der Waals surface area contributed by atoms with E-state index in [9.17, 15) is 4.79 Å². The quantitative estimate of drug-likeness (QED) is 0.728. The Bertz CT molecular complexity index is 609. The van der Waals surface area contributed by atoms with Gasteiger partial charge in [-0.2, -0.15) is 0 Å². The molecule has 0 unspecified atom stereocenters. The van der Waals surface area contributed by atoms with Gasteiger partial charge in [-0.25, -0.2) is 4.79 Å². The number of nitrogens with two attached hydrogens (primary N) is 1. The van der Waals surface area contributed by atoms with Crippen LogP contribution in [0.25, 0.3) is 0 Å². The average Bonchev–Trinajstić information content (AvgIpc) is 2.43. The summed E-state index contributed by atoms with van der Waals surface area (Å²) in [7, 11) is 0. The van der Waals surface area contributed by atoms with Crippen LogP contribution in [0.1, 0.15) is 17.3 Å². The molecule has 5 heteroatoms. The summed E-state index contributed by atoms with van der Waals surface area (Å²) < 4.78 is 5.35. The lowest BCUT2D eigenvalue weighted by molar-refractivity contribution is 0.0698. The lowest BCUT2D eigenvalue weighted by atomic mass is 10.1. The van der Waals surface area contributed by atoms with Gasteiger partial charge in [-0.05, 0) is 43.3 Å². The number of nitrogen functional groups attached to an aromatic ring is 1. The largest absolute Gasteiger partial charge is 0.494 e. The van der Waals surface area contributed by atoms with Crippen LogP contribution in [-0.4, -0.2) is 17.7 Å². The summed E-state index contributed by atoms with van der Waals surface area (Å²) in [4.78, 5) is 11.2. The number of rotatable bonds is 5. The molecular weight excluding hydrogens is 256 g/mol. The molecule has 0 aliphatic rings. The van der Waals surface area contributed by atoms with E-state index in [1.807, 2.05) is 31.2 Å². The highest BCUT2D eigenvalue weighted by Gasteiger charge is 2.12. The molecule has 0 heterocycles. The minimum absolute atomic E-state index is 0.138. The van der Waals surface area contributed by atoms with Crippen LogP contribution in [-0.2, 0) is 0 Å². The molecule has 0 radical (unpaired) electrons. The second-order valence-electron chi connectivity index (χ2n) is 4.16. The number of nitrogens with one attached hydrogen (secondary N) is 1. The number of para-hydroxylation sites is 1. The van der Waals surface area contributed by atoms with E-state index in [0.717, 1.165) is 11.4 Å². The van der Waals surface area contributed by atoms with Crippen LogP contribution in [0.3, 0.4) is 0 Å². The Hall–Kier alpha value is -2.69. The number of aromatic carboxylic acids is 1. The fourth-order valence-electron chi connectivity index (χ4n) is 1.83. The van der Waals surface area contributed by atoms with E-state index in [-0.39, 0.29) is 5.56 Å². The maximum absolute atomic E-state index is 11.2. The lowest BCUT2D eigenvalue weighted by Gasteiger charge is -2.12. The molecule has 0 saturated carbocycles. The topological polar surface area (TPSA) is 84.6 Å². The molecule has 0 atom stereocenters. The second-order valence-corrected chi connectivity index (χ2v) is 4.16. The molecule has 20 heavy (non-hydrogen) atoms. The van der Waals surface area contributed by atoms with Crippen LogP contribution in [0.15, 0.2) is 42.5 Å². The van der Waals surface area contributed by atoms with Gasteiger partial charge in [0.25, 0.3) is 0 Å². The molecular formula is C15H16N2O3. The summed E-state index contributed by atoms with van der Waals surface area (Å²) in [6.07, 6.45) is 0. The zero-order valence-electron chi connectivity index (χ0n) is 11.1. The first-order valence-corrected chi connectivity index (χ1v) is 6.23. The van der Waals surface area contributed by atoms with Crippen molar-refractivity contribution in [2.45, 2.75) is 6.92 Å². The number of anilines is 3. The van der Waals surface area contributed by atoms with E-state index in [1.54, 1.807) is 12.1 Å². The van der Waals surface area contributed by atoms with Gasteiger partial charge in [-0.1, -0.05) is 6.07 Å². The first-order valence-electron chi connectivity index (χ1n) is 6.23. The monoisotopic (exact) mass is 272 g/mol. The van der Waals surface area contributed by atoms with Crippen molar-refractivity contribution in [2.24, 2.45) is 0 Å². The van der Waals surface area contributed by atoms with Gasteiger partial charge < -0.3 is 20.9 Å². The maximum atomic E-state index is 11.2. The highest BCUT2D eigenvalue weighted by Crippen LogP contribution is 2.28. The summed E-state index contributed by atoms with van der Waals surface area (Å²) in [5, 5.41) is 12.2. The molecule has 2 aromatic carbocycles. The molecule has 0 spiro atoms. The number of ether oxygens (including phenoxy) is 1. The van der Waals surface area contributed by atoms with E-state index in [2.05, 4.69) is 5.32 Å². The molecule has 2 rings (SSSR count). The van der Waals surface area contributed by atoms with E-state index in [4.69, 9.17) is 15.6 Å². The van der Waals surface area contributed by atoms with Gasteiger partial charge in [0.15, 0.2) is 0 Å². The van der Waals surface area contributed by atoms with Crippen LogP contribution in [0.5, 0.6) is 5.75 Å². The van der Waals surface area contributed by atoms with Gasteiger partial charge in [0.2, 0.25) is 0 Å². The molecule has 104 valence electrons. The minimum Gasteiger partial charge on any atom is -0.494 e. The Morgan fingerprint density at radius 3 is 2.55 bits per heavy atom. The molecule has 0 aliphatic carbocycles. The van der Waals surface area contributed by atoms with Gasteiger partial charge >= 0.3 is 5.97 Å². The van der Waals surface area contributed by atoms with Crippen LogP contribution >= 0.6 is 0 Å². The summed E-state index contributed by atoms with van der Waals surface area (Å²) in [6, 6.07) is 12.0. The zero-order chi connectivity index (χ0) is 14.5. The number of carboxylic acid groups (broad SMARTS) is 1. The van der Waals surface area contributed by atoms with Crippen molar-refractivity contribution in [3.63, 3.8) is 0 Å². The molecule has 0 amide bonds. The molecule has 0 fully saturated rings. The van der Waals surface area contributed by atoms with Crippen molar-refractivity contribution in [1.82, 2.24) is 0 Å². The van der Waals surface area contributed by atoms with Crippen molar-refractivity contribution >= 4 is 23.0 Å². The van der Waals surface area contributed by atoms with Crippen molar-refractivity contribution in [1.29, 1.82) is 0 Å². The first kappa shape index (κ1) is 13.7. The van der Waals surface area contributed by atoms with Crippen molar-refractivity contribution < 1.29 is 14.6 Å². The SMILES string of the molecule is CCOc1ccc(Nc2c(N)cccc2C(=O)O)cc1. The highest BCUT2D eigenvalue weighted by molar-refractivity contribution is 5.98. The van der Waals surface area contributed by atoms with Crippen molar-refractivity contribution in [3.05, 3.63) is 48.0 Å². The molecule has 4 N–H and O–H groups in total. The Balaban J connectivity index is 2.27. The van der Waals surface area contributed by atoms with E-state index >= 15 is 0 Å². The standard InChI is InChI=1S/C15H16N2O3/c1-2-20-11-8-6-10(7-9-11)17-14-12(15(18)19)4-3-5-13(14)16/h3-9,17H,2,16H2,1H3,(H,18,19). The molecule has 2 aromatic rings. The molecule has 0 bridgehead atoms. The van der Waals surface area contributed by atoms with Gasteiger partial charge in [0, 0.05) is 5.69 Å². The zero-order valence-corrected chi connectivity index (χ0v) is 11.1. The number of hydrogen-bond donors (Lipinski definition) is 3. The van der Waals surface area contributed by atoms with E-state index in [0.29, 0.717) is 18.0 Å². The summed E-state index contributed by atoms with van der Waals surface area (Å²) in [5.74, 6) is -0.261. The lowest BCUT2D eigenvalue weighted by Crippen LogP contribution is -2.05. The number of carboxylic acids is 1. The van der Waals surface area contributed by atoms with Crippen LogP contribution < -0.4 is 15.8 Å². The third kappa shape index (κ3) is 3.00. The smallest absolute Gasteiger partial charge is 0.337 e. The summed E-state index contributed by atoms with van der Waals surface area (Å²) in [5.41, 5.74) is 7.50. The van der Waals surface area contributed by atoms with Crippen molar-refractivity contribution in [3.8, 4) is 5.75 Å².